The first-order valence-electron chi connectivity index (χ1n) is 10.0. The monoisotopic (exact) mass is 441 g/mol. The highest BCUT2D eigenvalue weighted by molar-refractivity contribution is 7.09. The van der Waals surface area contributed by atoms with Gasteiger partial charge in [0.15, 0.2) is 0 Å². The Bertz CT molecular complexity index is 990. The summed E-state index contributed by atoms with van der Waals surface area (Å²) in [7, 11) is 0. The van der Waals surface area contributed by atoms with Crippen LogP contribution in [0.5, 0.6) is 0 Å². The minimum atomic E-state index is -0.0543. The van der Waals surface area contributed by atoms with Crippen LogP contribution < -0.4 is 10.2 Å². The Morgan fingerprint density at radius 2 is 1.83 bits per heavy atom. The largest absolute Gasteiger partial charge is 0.345 e. The molecule has 8 heteroatoms. The van der Waals surface area contributed by atoms with Gasteiger partial charge in [0.1, 0.15) is 5.82 Å². The van der Waals surface area contributed by atoms with E-state index >= 15 is 0 Å². The molecule has 1 aliphatic rings. The lowest BCUT2D eigenvalue weighted by atomic mass is 10.1. The highest BCUT2D eigenvalue weighted by atomic mass is 35.5. The number of urea groups is 1. The zero-order chi connectivity index (χ0) is 20.9. The van der Waals surface area contributed by atoms with E-state index in [1.54, 1.807) is 0 Å². The maximum Gasteiger partial charge on any atom is 0.321 e. The molecule has 3 aromatic rings. The van der Waals surface area contributed by atoms with Gasteiger partial charge in [0.05, 0.1) is 0 Å². The van der Waals surface area contributed by atoms with Gasteiger partial charge in [-0.15, -0.1) is 0 Å². The molecule has 1 fully saturated rings. The van der Waals surface area contributed by atoms with Gasteiger partial charge in [0.2, 0.25) is 5.13 Å². The van der Waals surface area contributed by atoms with Crippen LogP contribution in [0.4, 0.5) is 15.6 Å². The maximum atomic E-state index is 12.6. The minimum absolute atomic E-state index is 0.0543. The lowest BCUT2D eigenvalue weighted by Gasteiger charge is -2.22. The summed E-state index contributed by atoms with van der Waals surface area (Å²) >= 11 is 7.37. The van der Waals surface area contributed by atoms with Gasteiger partial charge in [0, 0.05) is 54.8 Å². The molecule has 2 amide bonds. The number of amides is 2. The summed E-state index contributed by atoms with van der Waals surface area (Å²) < 4.78 is 4.52. The van der Waals surface area contributed by atoms with Crippen LogP contribution in [0.3, 0.4) is 0 Å². The average molecular weight is 442 g/mol. The molecule has 0 bridgehead atoms. The summed E-state index contributed by atoms with van der Waals surface area (Å²) in [5.74, 6) is 0.815. The average Bonchev–Trinajstić information content (AvgIpc) is 3.06. The van der Waals surface area contributed by atoms with E-state index in [0.717, 1.165) is 53.3 Å². The fourth-order valence-corrected chi connectivity index (χ4v) is 4.24. The molecule has 2 aromatic carbocycles. The predicted octanol–water partition coefficient (Wildman–Crippen LogP) is 4.83. The zero-order valence-corrected chi connectivity index (χ0v) is 18.4. The molecule has 1 aliphatic heterocycles. The van der Waals surface area contributed by atoms with Gasteiger partial charge < -0.3 is 15.1 Å². The first kappa shape index (κ1) is 20.6. The summed E-state index contributed by atoms with van der Waals surface area (Å²) in [5.41, 5.74) is 3.13. The molecule has 1 N–H and O–H groups in total. The van der Waals surface area contributed by atoms with Crippen LogP contribution >= 0.6 is 23.1 Å². The van der Waals surface area contributed by atoms with Crippen molar-refractivity contribution in [1.82, 2.24) is 14.3 Å². The normalized spacial score (nSPS) is 14.5. The summed E-state index contributed by atoms with van der Waals surface area (Å²) in [6.07, 6.45) is 1.58. The third-order valence-electron chi connectivity index (χ3n) is 5.09. The van der Waals surface area contributed by atoms with E-state index in [1.165, 1.54) is 17.1 Å². The van der Waals surface area contributed by atoms with Crippen molar-refractivity contribution in [3.05, 3.63) is 70.5 Å². The van der Waals surface area contributed by atoms with Crippen molar-refractivity contribution < 1.29 is 4.79 Å². The number of nitrogens with zero attached hydrogens (tertiary/aromatic N) is 4. The number of anilines is 2. The molecule has 1 aromatic heterocycles. The number of carbonyl (C=O) groups excluding carboxylic acids is 1. The molecule has 6 nitrogen and oxygen atoms in total. The fourth-order valence-electron chi connectivity index (χ4n) is 3.38. The minimum Gasteiger partial charge on any atom is -0.345 e. The van der Waals surface area contributed by atoms with E-state index in [9.17, 15) is 4.79 Å². The van der Waals surface area contributed by atoms with Gasteiger partial charge in [-0.2, -0.15) is 4.37 Å². The van der Waals surface area contributed by atoms with Gasteiger partial charge in [0.25, 0.3) is 0 Å². The highest BCUT2D eigenvalue weighted by Crippen LogP contribution is 2.21. The number of halogens is 1. The smallest absolute Gasteiger partial charge is 0.321 e. The lowest BCUT2D eigenvalue weighted by Crippen LogP contribution is -2.38. The van der Waals surface area contributed by atoms with Crippen LogP contribution in [-0.4, -0.2) is 46.5 Å². The summed E-state index contributed by atoms with van der Waals surface area (Å²) in [4.78, 5) is 21.5. The van der Waals surface area contributed by atoms with Gasteiger partial charge in [-0.1, -0.05) is 41.4 Å². The number of nitrogens with one attached hydrogen (secondary N) is 1. The molecule has 0 atom stereocenters. The molecule has 30 heavy (non-hydrogen) atoms. The second kappa shape index (κ2) is 9.45. The molecule has 0 saturated carbocycles. The van der Waals surface area contributed by atoms with Crippen LogP contribution in [0.15, 0.2) is 48.5 Å². The quantitative estimate of drug-likeness (QED) is 0.629. The Morgan fingerprint density at radius 3 is 2.60 bits per heavy atom. The molecular weight excluding hydrogens is 418 g/mol. The lowest BCUT2D eigenvalue weighted by molar-refractivity contribution is 0.215. The number of aromatic nitrogens is 2. The summed E-state index contributed by atoms with van der Waals surface area (Å²) in [5, 5.41) is 4.63. The second-order valence-electron chi connectivity index (χ2n) is 7.42. The molecule has 0 aliphatic carbocycles. The van der Waals surface area contributed by atoms with Crippen molar-refractivity contribution in [2.75, 3.05) is 36.4 Å². The highest BCUT2D eigenvalue weighted by Gasteiger charge is 2.21. The Labute approximate surface area is 185 Å². The molecular formula is C22H24ClN5OS. The molecule has 1 saturated heterocycles. The SMILES string of the molecule is Cc1ccc(NC(=O)N2CCCN(c3nc(Cc4ccc(Cl)cc4)ns3)CC2)cc1. The summed E-state index contributed by atoms with van der Waals surface area (Å²) in [6, 6.07) is 15.6. The van der Waals surface area contributed by atoms with Crippen molar-refractivity contribution in [2.24, 2.45) is 0 Å². The Balaban J connectivity index is 1.33. The number of carbonyl (C=O) groups is 1. The Morgan fingerprint density at radius 1 is 1.07 bits per heavy atom. The zero-order valence-electron chi connectivity index (χ0n) is 16.8. The van der Waals surface area contributed by atoms with Gasteiger partial charge >= 0.3 is 6.03 Å². The van der Waals surface area contributed by atoms with Crippen molar-refractivity contribution in [3.8, 4) is 0 Å². The Hall–Kier alpha value is -2.64. The van der Waals surface area contributed by atoms with Crippen LogP contribution in [0.25, 0.3) is 0 Å². The topological polar surface area (TPSA) is 61.4 Å². The van der Waals surface area contributed by atoms with Crippen LogP contribution in [0, 0.1) is 6.92 Å². The number of benzene rings is 2. The summed E-state index contributed by atoms with van der Waals surface area (Å²) in [6.45, 7) is 5.03. The van der Waals surface area contributed by atoms with Gasteiger partial charge in [-0.05, 0) is 43.2 Å². The van der Waals surface area contributed by atoms with Crippen LogP contribution in [-0.2, 0) is 6.42 Å². The molecule has 156 valence electrons. The molecule has 0 spiro atoms. The van der Waals surface area contributed by atoms with Crippen molar-refractivity contribution in [1.29, 1.82) is 0 Å². The van der Waals surface area contributed by atoms with E-state index < -0.39 is 0 Å². The third kappa shape index (κ3) is 5.29. The van der Waals surface area contributed by atoms with Gasteiger partial charge in [-0.3, -0.25) is 0 Å². The third-order valence-corrected chi connectivity index (χ3v) is 6.16. The second-order valence-corrected chi connectivity index (χ2v) is 8.59. The number of hydrogen-bond donors (Lipinski definition) is 1. The van der Waals surface area contributed by atoms with E-state index in [2.05, 4.69) is 14.6 Å². The first-order valence-corrected chi connectivity index (χ1v) is 11.2. The van der Waals surface area contributed by atoms with Crippen LogP contribution in [0.2, 0.25) is 5.02 Å². The van der Waals surface area contributed by atoms with Crippen molar-refractivity contribution in [2.45, 2.75) is 19.8 Å². The number of aryl methyl sites for hydroxylation is 1. The van der Waals surface area contributed by atoms with Gasteiger partial charge in [-0.25, -0.2) is 9.78 Å². The number of rotatable bonds is 4. The van der Waals surface area contributed by atoms with Crippen LogP contribution in [0.1, 0.15) is 23.4 Å². The fraction of sp³-hybridized carbons (Fsp3) is 0.318. The van der Waals surface area contributed by atoms with Crippen molar-refractivity contribution >= 4 is 40.0 Å². The van der Waals surface area contributed by atoms with E-state index in [1.807, 2.05) is 60.4 Å². The van der Waals surface area contributed by atoms with Crippen molar-refractivity contribution in [3.63, 3.8) is 0 Å². The Kier molecular flexibility index (Phi) is 6.50. The molecule has 0 radical (unpaired) electrons. The van der Waals surface area contributed by atoms with E-state index in [4.69, 9.17) is 16.6 Å². The predicted molar refractivity (Wildman–Crippen MR) is 123 cm³/mol. The molecule has 4 rings (SSSR count). The van der Waals surface area contributed by atoms with E-state index in [0.29, 0.717) is 13.0 Å². The number of hydrogen-bond acceptors (Lipinski definition) is 5. The van der Waals surface area contributed by atoms with E-state index in [-0.39, 0.29) is 6.03 Å². The molecule has 0 unspecified atom stereocenters. The maximum absolute atomic E-state index is 12.6. The first-order chi connectivity index (χ1) is 14.6. The molecule has 2 heterocycles. The standard InChI is InChI=1S/C22H24ClN5OS/c1-16-3-9-19(10-4-16)24-21(29)27-11-2-12-28(14-13-27)22-25-20(26-30-22)15-17-5-7-18(23)8-6-17/h3-10H,2,11-15H2,1H3,(H,24,29).